The van der Waals surface area contributed by atoms with Gasteiger partial charge in [-0.3, -0.25) is 20.4 Å². The van der Waals surface area contributed by atoms with Crippen molar-refractivity contribution in [1.82, 2.24) is 30.5 Å². The van der Waals surface area contributed by atoms with Crippen LogP contribution in [0.1, 0.15) is 16.2 Å². The van der Waals surface area contributed by atoms with Crippen molar-refractivity contribution in [2.24, 2.45) is 0 Å². The van der Waals surface area contributed by atoms with Gasteiger partial charge in [-0.2, -0.15) is 4.98 Å². The maximum Gasteiger partial charge on any atom is 0.269 e. The summed E-state index contributed by atoms with van der Waals surface area (Å²) in [6.07, 6.45) is 1.59. The Bertz CT molecular complexity index is 1150. The van der Waals surface area contributed by atoms with Gasteiger partial charge >= 0.3 is 0 Å². The molecule has 2 aromatic heterocycles. The van der Waals surface area contributed by atoms with Crippen LogP contribution in [-0.4, -0.2) is 31.5 Å². The number of para-hydroxylation sites is 2. The average molecular weight is 376 g/mol. The number of aryl methyl sites for hydroxylation is 1. The van der Waals surface area contributed by atoms with Gasteiger partial charge in [0, 0.05) is 11.1 Å². The summed E-state index contributed by atoms with van der Waals surface area (Å²) in [5.41, 5.74) is 7.53. The molecule has 4 aromatic rings. The first-order valence-electron chi connectivity index (χ1n) is 8.50. The molecule has 0 bridgehead atoms. The second-order valence-corrected chi connectivity index (χ2v) is 6.09. The number of imidazole rings is 1. The quantitative estimate of drug-likeness (QED) is 0.525. The SMILES string of the molecule is Cc1noc(-c2ccc(C(=O)NNC(=O)Cn3cnc4ccccc43)cc2)n1. The fraction of sp³-hybridized carbons (Fsp3) is 0.105. The normalized spacial score (nSPS) is 10.8. The van der Waals surface area contributed by atoms with Crippen LogP contribution in [0.15, 0.2) is 59.4 Å². The van der Waals surface area contributed by atoms with Crippen LogP contribution in [-0.2, 0) is 11.3 Å². The Balaban J connectivity index is 1.35. The second kappa shape index (κ2) is 7.31. The predicted molar refractivity (Wildman–Crippen MR) is 99.8 cm³/mol. The standard InChI is InChI=1S/C19H16N6O3/c1-12-21-19(28-24-12)14-8-6-13(7-9-14)18(27)23-22-17(26)10-25-11-20-15-4-2-3-5-16(15)25/h2-9,11H,10H2,1H3,(H,22,26)(H,23,27). The zero-order valence-corrected chi connectivity index (χ0v) is 14.9. The van der Waals surface area contributed by atoms with E-state index in [1.165, 1.54) is 0 Å². The number of nitrogens with one attached hydrogen (secondary N) is 2. The first-order valence-corrected chi connectivity index (χ1v) is 8.50. The fourth-order valence-corrected chi connectivity index (χ4v) is 2.71. The average Bonchev–Trinajstić information content (AvgIpc) is 3.33. The van der Waals surface area contributed by atoms with Crippen molar-refractivity contribution in [2.75, 3.05) is 0 Å². The van der Waals surface area contributed by atoms with E-state index in [1.54, 1.807) is 42.1 Å². The number of nitrogens with zero attached hydrogens (tertiary/aromatic N) is 4. The van der Waals surface area contributed by atoms with Gasteiger partial charge in [-0.25, -0.2) is 4.98 Å². The molecule has 9 heteroatoms. The Kier molecular flexibility index (Phi) is 4.55. The Hall–Kier alpha value is -4.01. The van der Waals surface area contributed by atoms with Crippen LogP contribution in [0.25, 0.3) is 22.5 Å². The molecule has 9 nitrogen and oxygen atoms in total. The Morgan fingerprint density at radius 1 is 1.07 bits per heavy atom. The summed E-state index contributed by atoms with van der Waals surface area (Å²) in [4.78, 5) is 32.7. The number of benzene rings is 2. The summed E-state index contributed by atoms with van der Waals surface area (Å²) in [5, 5.41) is 3.73. The number of fused-ring (bicyclic) bond motifs is 1. The van der Waals surface area contributed by atoms with Crippen LogP contribution in [0.3, 0.4) is 0 Å². The number of hydrazine groups is 1. The molecule has 2 heterocycles. The van der Waals surface area contributed by atoms with E-state index in [0.29, 0.717) is 22.8 Å². The number of aromatic nitrogens is 4. The van der Waals surface area contributed by atoms with E-state index in [1.807, 2.05) is 24.3 Å². The number of carbonyl (C=O) groups is 2. The highest BCUT2D eigenvalue weighted by Gasteiger charge is 2.11. The lowest BCUT2D eigenvalue weighted by Crippen LogP contribution is -2.43. The minimum atomic E-state index is -0.433. The van der Waals surface area contributed by atoms with Crippen molar-refractivity contribution in [3.8, 4) is 11.5 Å². The van der Waals surface area contributed by atoms with Crippen LogP contribution >= 0.6 is 0 Å². The Morgan fingerprint density at radius 2 is 1.86 bits per heavy atom. The first kappa shape index (κ1) is 17.4. The molecule has 140 valence electrons. The van der Waals surface area contributed by atoms with E-state index in [2.05, 4.69) is 26.0 Å². The number of rotatable bonds is 4. The monoisotopic (exact) mass is 376 g/mol. The van der Waals surface area contributed by atoms with E-state index in [4.69, 9.17) is 4.52 Å². The van der Waals surface area contributed by atoms with Crippen molar-refractivity contribution in [3.05, 3.63) is 66.2 Å². The molecular weight excluding hydrogens is 360 g/mol. The summed E-state index contributed by atoms with van der Waals surface area (Å²) >= 11 is 0. The van der Waals surface area contributed by atoms with E-state index in [0.717, 1.165) is 11.0 Å². The van der Waals surface area contributed by atoms with Crippen molar-refractivity contribution in [2.45, 2.75) is 13.5 Å². The number of hydrogen-bond acceptors (Lipinski definition) is 6. The van der Waals surface area contributed by atoms with Gasteiger partial charge in [0.1, 0.15) is 6.54 Å². The zero-order valence-electron chi connectivity index (χ0n) is 14.9. The van der Waals surface area contributed by atoms with E-state index in [9.17, 15) is 9.59 Å². The van der Waals surface area contributed by atoms with Crippen molar-refractivity contribution in [1.29, 1.82) is 0 Å². The molecule has 2 amide bonds. The lowest BCUT2D eigenvalue weighted by Gasteiger charge is -2.08. The van der Waals surface area contributed by atoms with Gasteiger partial charge in [-0.15, -0.1) is 0 Å². The molecule has 2 N–H and O–H groups in total. The smallest absolute Gasteiger partial charge is 0.269 e. The molecule has 0 unspecified atom stereocenters. The van der Waals surface area contributed by atoms with Crippen LogP contribution < -0.4 is 10.9 Å². The first-order chi connectivity index (χ1) is 13.6. The molecule has 0 atom stereocenters. The highest BCUT2D eigenvalue weighted by Crippen LogP contribution is 2.17. The molecule has 4 rings (SSSR count). The lowest BCUT2D eigenvalue weighted by atomic mass is 10.1. The summed E-state index contributed by atoms with van der Waals surface area (Å²) in [7, 11) is 0. The van der Waals surface area contributed by atoms with Crippen molar-refractivity contribution in [3.63, 3.8) is 0 Å². The topological polar surface area (TPSA) is 115 Å². The molecule has 0 spiro atoms. The van der Waals surface area contributed by atoms with Gasteiger partial charge in [0.25, 0.3) is 17.7 Å². The van der Waals surface area contributed by atoms with Crippen molar-refractivity contribution < 1.29 is 14.1 Å². The Labute approximate surface area is 159 Å². The molecule has 0 aliphatic rings. The zero-order chi connectivity index (χ0) is 19.5. The van der Waals surface area contributed by atoms with Crippen molar-refractivity contribution >= 4 is 22.8 Å². The summed E-state index contributed by atoms with van der Waals surface area (Å²) in [6.45, 7) is 1.76. The van der Waals surface area contributed by atoms with Gasteiger partial charge in [0.2, 0.25) is 0 Å². The summed E-state index contributed by atoms with van der Waals surface area (Å²) < 4.78 is 6.79. The van der Waals surface area contributed by atoms with Gasteiger partial charge in [0.15, 0.2) is 5.82 Å². The number of hydrogen-bond donors (Lipinski definition) is 2. The number of amides is 2. The highest BCUT2D eigenvalue weighted by atomic mass is 16.5. The fourth-order valence-electron chi connectivity index (χ4n) is 2.71. The molecule has 0 radical (unpaired) electrons. The van der Waals surface area contributed by atoms with E-state index >= 15 is 0 Å². The molecule has 0 saturated carbocycles. The van der Waals surface area contributed by atoms with Crippen LogP contribution in [0, 0.1) is 6.92 Å². The van der Waals surface area contributed by atoms with Gasteiger partial charge in [-0.05, 0) is 43.3 Å². The summed E-state index contributed by atoms with van der Waals surface area (Å²) in [5.74, 6) is 0.113. The number of carbonyl (C=O) groups excluding carboxylic acids is 2. The second-order valence-electron chi connectivity index (χ2n) is 6.09. The molecule has 0 aliphatic carbocycles. The third-order valence-electron chi connectivity index (χ3n) is 4.08. The largest absolute Gasteiger partial charge is 0.334 e. The van der Waals surface area contributed by atoms with Crippen LogP contribution in [0.5, 0.6) is 0 Å². The van der Waals surface area contributed by atoms with E-state index < -0.39 is 5.91 Å². The van der Waals surface area contributed by atoms with Gasteiger partial charge in [-0.1, -0.05) is 17.3 Å². The third-order valence-corrected chi connectivity index (χ3v) is 4.08. The lowest BCUT2D eigenvalue weighted by molar-refractivity contribution is -0.122. The predicted octanol–water partition coefficient (Wildman–Crippen LogP) is 1.86. The van der Waals surface area contributed by atoms with E-state index in [-0.39, 0.29) is 12.5 Å². The van der Waals surface area contributed by atoms with Crippen LogP contribution in [0.2, 0.25) is 0 Å². The molecule has 0 saturated heterocycles. The molecular formula is C19H16N6O3. The molecule has 28 heavy (non-hydrogen) atoms. The molecule has 2 aromatic carbocycles. The van der Waals surface area contributed by atoms with Crippen LogP contribution in [0.4, 0.5) is 0 Å². The minimum Gasteiger partial charge on any atom is -0.334 e. The highest BCUT2D eigenvalue weighted by molar-refractivity contribution is 5.95. The van der Waals surface area contributed by atoms with Gasteiger partial charge in [0.05, 0.1) is 17.4 Å². The third kappa shape index (κ3) is 3.58. The molecule has 0 fully saturated rings. The minimum absolute atomic E-state index is 0.0379. The van der Waals surface area contributed by atoms with Gasteiger partial charge < -0.3 is 9.09 Å². The maximum atomic E-state index is 12.2. The maximum absolute atomic E-state index is 12.2. The molecule has 0 aliphatic heterocycles. The summed E-state index contributed by atoms with van der Waals surface area (Å²) in [6, 6.07) is 14.1. The Morgan fingerprint density at radius 3 is 2.61 bits per heavy atom.